The van der Waals surface area contributed by atoms with E-state index in [1.54, 1.807) is 12.4 Å². The Balaban J connectivity index is 2.79. The molecule has 0 saturated carbocycles. The summed E-state index contributed by atoms with van der Waals surface area (Å²) < 4.78 is 0. The van der Waals surface area contributed by atoms with Gasteiger partial charge in [-0.25, -0.2) is 0 Å². The number of aliphatic hydroxyl groups is 1. The van der Waals surface area contributed by atoms with Crippen LogP contribution in [0.15, 0.2) is 24.7 Å². The summed E-state index contributed by atoms with van der Waals surface area (Å²) in [6.07, 6.45) is 5.27. The fourth-order valence-electron chi connectivity index (χ4n) is 1.16. The average Bonchev–Trinajstić information content (AvgIpc) is 2.50. The first-order chi connectivity index (χ1) is 5.42. The van der Waals surface area contributed by atoms with Gasteiger partial charge in [0.25, 0.3) is 0 Å². The summed E-state index contributed by atoms with van der Waals surface area (Å²) in [5.74, 6) is 0. The lowest BCUT2D eigenvalue weighted by Gasteiger charge is -1.95. The second kappa shape index (κ2) is 2.36. The molecule has 2 N–H and O–H groups in total. The van der Waals surface area contributed by atoms with E-state index in [9.17, 15) is 0 Å². The van der Waals surface area contributed by atoms with Gasteiger partial charge in [0.2, 0.25) is 0 Å². The molecular formula is C8H8N2O. The van der Waals surface area contributed by atoms with Crippen LogP contribution in [-0.4, -0.2) is 15.1 Å². The van der Waals surface area contributed by atoms with Crippen LogP contribution in [0.5, 0.6) is 0 Å². The van der Waals surface area contributed by atoms with Crippen molar-refractivity contribution in [2.75, 3.05) is 0 Å². The van der Waals surface area contributed by atoms with Crippen LogP contribution in [-0.2, 0) is 6.61 Å². The number of H-pyrrole nitrogens is 1. The van der Waals surface area contributed by atoms with Crippen molar-refractivity contribution >= 4 is 10.9 Å². The van der Waals surface area contributed by atoms with Gasteiger partial charge in [0.15, 0.2) is 0 Å². The van der Waals surface area contributed by atoms with Crippen LogP contribution in [0.25, 0.3) is 10.9 Å². The summed E-state index contributed by atoms with van der Waals surface area (Å²) in [4.78, 5) is 7.01. The van der Waals surface area contributed by atoms with Crippen molar-refractivity contribution in [3.8, 4) is 0 Å². The average molecular weight is 148 g/mol. The van der Waals surface area contributed by atoms with Crippen LogP contribution in [0.3, 0.4) is 0 Å². The Morgan fingerprint density at radius 3 is 3.18 bits per heavy atom. The Morgan fingerprint density at radius 1 is 1.45 bits per heavy atom. The minimum absolute atomic E-state index is 0.0326. The molecule has 11 heavy (non-hydrogen) atoms. The highest BCUT2D eigenvalue weighted by atomic mass is 16.3. The molecule has 0 amide bonds. The number of rotatable bonds is 1. The molecule has 0 fully saturated rings. The lowest BCUT2D eigenvalue weighted by molar-refractivity contribution is 0.282. The quantitative estimate of drug-likeness (QED) is 0.635. The number of aliphatic hydroxyl groups excluding tert-OH is 1. The molecule has 0 bridgehead atoms. The third kappa shape index (κ3) is 0.897. The molecule has 3 nitrogen and oxygen atoms in total. The van der Waals surface area contributed by atoms with Crippen molar-refractivity contribution in [3.05, 3.63) is 30.2 Å². The normalized spacial score (nSPS) is 10.6. The highest BCUT2D eigenvalue weighted by Gasteiger charge is 1.99. The molecule has 56 valence electrons. The Labute approximate surface area is 63.7 Å². The summed E-state index contributed by atoms with van der Waals surface area (Å²) in [7, 11) is 0. The van der Waals surface area contributed by atoms with E-state index in [0.29, 0.717) is 0 Å². The van der Waals surface area contributed by atoms with Crippen molar-refractivity contribution < 1.29 is 5.11 Å². The minimum atomic E-state index is 0.0326. The van der Waals surface area contributed by atoms with Gasteiger partial charge in [-0.2, -0.15) is 0 Å². The molecule has 0 atom stereocenters. The van der Waals surface area contributed by atoms with E-state index < -0.39 is 0 Å². The second-order valence-electron chi connectivity index (χ2n) is 2.40. The first-order valence-electron chi connectivity index (χ1n) is 3.42. The minimum Gasteiger partial charge on any atom is -0.392 e. The van der Waals surface area contributed by atoms with Crippen molar-refractivity contribution in [2.24, 2.45) is 0 Å². The zero-order valence-electron chi connectivity index (χ0n) is 5.91. The number of aromatic amines is 1. The number of nitrogens with one attached hydrogen (secondary N) is 1. The molecule has 0 aromatic carbocycles. The fourth-order valence-corrected chi connectivity index (χ4v) is 1.16. The summed E-state index contributed by atoms with van der Waals surface area (Å²) in [6, 6.07) is 1.93. The lowest BCUT2D eigenvalue weighted by Crippen LogP contribution is -1.85. The monoisotopic (exact) mass is 148 g/mol. The summed E-state index contributed by atoms with van der Waals surface area (Å²) in [6.45, 7) is 0.0326. The zero-order chi connectivity index (χ0) is 7.68. The number of aromatic nitrogens is 2. The first kappa shape index (κ1) is 6.37. The van der Waals surface area contributed by atoms with Crippen LogP contribution in [0, 0.1) is 0 Å². The fraction of sp³-hybridized carbons (Fsp3) is 0.125. The molecule has 2 aromatic rings. The van der Waals surface area contributed by atoms with E-state index >= 15 is 0 Å². The summed E-state index contributed by atoms with van der Waals surface area (Å²) in [5.41, 5.74) is 1.81. The molecule has 3 heteroatoms. The third-order valence-corrected chi connectivity index (χ3v) is 1.71. The number of nitrogens with zero attached hydrogens (tertiary/aromatic N) is 1. The standard InChI is InChI=1S/C8H8N2O/c11-5-7-4-9-3-6-1-2-10-8(6)7/h1-4,10-11H,5H2. The largest absolute Gasteiger partial charge is 0.392 e. The molecule has 0 aliphatic carbocycles. The number of hydrogen-bond donors (Lipinski definition) is 2. The van der Waals surface area contributed by atoms with Gasteiger partial charge in [-0.3, -0.25) is 4.98 Å². The predicted octanol–water partition coefficient (Wildman–Crippen LogP) is 1.06. The highest BCUT2D eigenvalue weighted by molar-refractivity contribution is 5.81. The van der Waals surface area contributed by atoms with Gasteiger partial charge in [-0.1, -0.05) is 0 Å². The van der Waals surface area contributed by atoms with Gasteiger partial charge in [0, 0.05) is 29.5 Å². The Morgan fingerprint density at radius 2 is 2.36 bits per heavy atom. The van der Waals surface area contributed by atoms with Crippen molar-refractivity contribution in [3.63, 3.8) is 0 Å². The Bertz CT molecular complexity index is 367. The Kier molecular flexibility index (Phi) is 1.36. The molecule has 0 unspecified atom stereocenters. The van der Waals surface area contributed by atoms with Gasteiger partial charge < -0.3 is 10.1 Å². The summed E-state index contributed by atoms with van der Waals surface area (Å²) in [5, 5.41) is 9.93. The van der Waals surface area contributed by atoms with Crippen LogP contribution >= 0.6 is 0 Å². The van der Waals surface area contributed by atoms with E-state index in [-0.39, 0.29) is 6.61 Å². The van der Waals surface area contributed by atoms with Crippen LogP contribution in [0.1, 0.15) is 5.56 Å². The highest BCUT2D eigenvalue weighted by Crippen LogP contribution is 2.14. The molecule has 0 saturated heterocycles. The number of hydrogen-bond acceptors (Lipinski definition) is 2. The van der Waals surface area contributed by atoms with Gasteiger partial charge in [-0.05, 0) is 6.07 Å². The first-order valence-corrected chi connectivity index (χ1v) is 3.42. The third-order valence-electron chi connectivity index (χ3n) is 1.71. The number of fused-ring (bicyclic) bond motifs is 1. The molecule has 2 aromatic heterocycles. The van der Waals surface area contributed by atoms with E-state index in [2.05, 4.69) is 9.97 Å². The van der Waals surface area contributed by atoms with Gasteiger partial charge in [0.05, 0.1) is 12.1 Å². The summed E-state index contributed by atoms with van der Waals surface area (Å²) >= 11 is 0. The van der Waals surface area contributed by atoms with Crippen LogP contribution in [0.4, 0.5) is 0 Å². The molecule has 0 radical (unpaired) electrons. The van der Waals surface area contributed by atoms with Crippen molar-refractivity contribution in [1.29, 1.82) is 0 Å². The predicted molar refractivity (Wildman–Crippen MR) is 42.0 cm³/mol. The SMILES string of the molecule is OCc1cncc2cc[nH]c12. The van der Waals surface area contributed by atoms with Crippen LogP contribution < -0.4 is 0 Å². The van der Waals surface area contributed by atoms with Gasteiger partial charge in [0.1, 0.15) is 0 Å². The number of pyridine rings is 1. The van der Waals surface area contributed by atoms with Crippen molar-refractivity contribution in [1.82, 2.24) is 9.97 Å². The lowest BCUT2D eigenvalue weighted by atomic mass is 10.2. The topological polar surface area (TPSA) is 48.9 Å². The molecule has 0 aliphatic heterocycles. The molecular weight excluding hydrogens is 140 g/mol. The van der Waals surface area contributed by atoms with E-state index in [1.807, 2.05) is 12.3 Å². The molecule has 2 rings (SSSR count). The van der Waals surface area contributed by atoms with E-state index in [1.165, 1.54) is 0 Å². The van der Waals surface area contributed by atoms with Crippen LogP contribution in [0.2, 0.25) is 0 Å². The second-order valence-corrected chi connectivity index (χ2v) is 2.40. The van der Waals surface area contributed by atoms with Crippen molar-refractivity contribution in [2.45, 2.75) is 6.61 Å². The maximum atomic E-state index is 8.89. The molecule has 0 spiro atoms. The Hall–Kier alpha value is -1.35. The van der Waals surface area contributed by atoms with E-state index in [4.69, 9.17) is 5.11 Å². The smallest absolute Gasteiger partial charge is 0.0717 e. The zero-order valence-corrected chi connectivity index (χ0v) is 5.91. The molecule has 0 aliphatic rings. The van der Waals surface area contributed by atoms with Gasteiger partial charge >= 0.3 is 0 Å². The van der Waals surface area contributed by atoms with E-state index in [0.717, 1.165) is 16.5 Å². The maximum absolute atomic E-state index is 8.89. The van der Waals surface area contributed by atoms with Gasteiger partial charge in [-0.15, -0.1) is 0 Å². The maximum Gasteiger partial charge on any atom is 0.0717 e. The molecule has 2 heterocycles.